The van der Waals surface area contributed by atoms with E-state index in [0.717, 1.165) is 36.8 Å². The van der Waals surface area contributed by atoms with Crippen LogP contribution in [0.2, 0.25) is 0 Å². The molecule has 1 saturated carbocycles. The van der Waals surface area contributed by atoms with Gasteiger partial charge in [0.15, 0.2) is 0 Å². The average Bonchev–Trinajstić information content (AvgIpc) is 3.06. The summed E-state index contributed by atoms with van der Waals surface area (Å²) in [5.74, 6) is -0.174. The second-order valence-electron chi connectivity index (χ2n) is 5.96. The van der Waals surface area contributed by atoms with Crippen LogP contribution in [0.15, 0.2) is 54.6 Å². The molecule has 1 aliphatic carbocycles. The molecule has 2 nitrogen and oxygen atoms in total. The highest BCUT2D eigenvalue weighted by atomic mass is 19.1. The number of amides is 1. The van der Waals surface area contributed by atoms with Crippen molar-refractivity contribution in [2.24, 2.45) is 0 Å². The lowest BCUT2D eigenvalue weighted by atomic mass is 9.78. The Labute approximate surface area is 130 Å². The zero-order valence-corrected chi connectivity index (χ0v) is 12.5. The maximum absolute atomic E-state index is 12.9. The Bertz CT molecular complexity index is 630. The van der Waals surface area contributed by atoms with Crippen molar-refractivity contribution in [1.82, 2.24) is 5.32 Å². The average molecular weight is 297 g/mol. The topological polar surface area (TPSA) is 29.1 Å². The summed E-state index contributed by atoms with van der Waals surface area (Å²) in [4.78, 5) is 12.8. The molecule has 0 spiro atoms. The van der Waals surface area contributed by atoms with Gasteiger partial charge in [-0.25, -0.2) is 4.39 Å². The monoisotopic (exact) mass is 297 g/mol. The van der Waals surface area contributed by atoms with E-state index in [9.17, 15) is 9.18 Å². The Hall–Kier alpha value is -2.16. The van der Waals surface area contributed by atoms with E-state index in [4.69, 9.17) is 0 Å². The Morgan fingerprint density at radius 1 is 1.00 bits per heavy atom. The lowest BCUT2D eigenvalue weighted by Crippen LogP contribution is -2.42. The van der Waals surface area contributed by atoms with Crippen molar-refractivity contribution in [3.63, 3.8) is 0 Å². The molecule has 3 rings (SSSR count). The van der Waals surface area contributed by atoms with Crippen LogP contribution in [0.1, 0.15) is 36.8 Å². The van der Waals surface area contributed by atoms with Gasteiger partial charge in [-0.3, -0.25) is 4.79 Å². The van der Waals surface area contributed by atoms with Crippen molar-refractivity contribution in [1.29, 1.82) is 0 Å². The highest BCUT2D eigenvalue weighted by molar-refractivity contribution is 5.88. The first-order chi connectivity index (χ1) is 10.7. The summed E-state index contributed by atoms with van der Waals surface area (Å²) in [6.45, 7) is 0.438. The number of halogens is 1. The summed E-state index contributed by atoms with van der Waals surface area (Å²) in [5.41, 5.74) is 1.61. The van der Waals surface area contributed by atoms with E-state index in [1.807, 2.05) is 30.3 Å². The summed E-state index contributed by atoms with van der Waals surface area (Å²) < 4.78 is 12.9. The van der Waals surface area contributed by atoms with Gasteiger partial charge in [0.05, 0.1) is 5.41 Å². The van der Waals surface area contributed by atoms with Crippen LogP contribution in [0, 0.1) is 5.82 Å². The summed E-state index contributed by atoms with van der Waals surface area (Å²) in [6.07, 6.45) is 3.95. The number of hydrogen-bond acceptors (Lipinski definition) is 1. The second kappa shape index (κ2) is 6.30. The normalized spacial score (nSPS) is 16.4. The summed E-state index contributed by atoms with van der Waals surface area (Å²) >= 11 is 0. The lowest BCUT2D eigenvalue weighted by Gasteiger charge is -2.28. The van der Waals surface area contributed by atoms with Crippen molar-refractivity contribution in [3.8, 4) is 0 Å². The fourth-order valence-corrected chi connectivity index (χ4v) is 3.34. The number of benzene rings is 2. The van der Waals surface area contributed by atoms with Gasteiger partial charge < -0.3 is 5.32 Å². The summed E-state index contributed by atoms with van der Waals surface area (Å²) in [5, 5.41) is 3.04. The van der Waals surface area contributed by atoms with Crippen molar-refractivity contribution < 1.29 is 9.18 Å². The Morgan fingerprint density at radius 3 is 2.27 bits per heavy atom. The van der Waals surface area contributed by atoms with E-state index in [1.165, 1.54) is 12.1 Å². The molecule has 0 saturated heterocycles. The standard InChI is InChI=1S/C19H20FNO/c20-17-10-8-15(9-11-17)14-21-18(22)19(12-4-5-13-19)16-6-2-1-3-7-16/h1-3,6-11H,4-5,12-14H2,(H,21,22). The third kappa shape index (κ3) is 2.89. The van der Waals surface area contributed by atoms with E-state index in [-0.39, 0.29) is 11.7 Å². The van der Waals surface area contributed by atoms with Gasteiger partial charge in [-0.05, 0) is 36.1 Å². The third-order valence-corrected chi connectivity index (χ3v) is 4.58. The molecule has 114 valence electrons. The first-order valence-electron chi connectivity index (χ1n) is 7.79. The molecule has 2 aromatic carbocycles. The number of hydrogen-bond donors (Lipinski definition) is 1. The van der Waals surface area contributed by atoms with Crippen LogP contribution in [0.4, 0.5) is 4.39 Å². The summed E-state index contributed by atoms with van der Waals surface area (Å²) in [7, 11) is 0. The molecule has 0 aromatic heterocycles. The Balaban J connectivity index is 1.75. The predicted molar refractivity (Wildman–Crippen MR) is 84.8 cm³/mol. The maximum Gasteiger partial charge on any atom is 0.230 e. The van der Waals surface area contributed by atoms with Gasteiger partial charge in [0, 0.05) is 6.54 Å². The first kappa shape index (κ1) is 14.8. The lowest BCUT2D eigenvalue weighted by molar-refractivity contribution is -0.126. The zero-order valence-electron chi connectivity index (χ0n) is 12.5. The van der Waals surface area contributed by atoms with Crippen molar-refractivity contribution in [2.45, 2.75) is 37.6 Å². The molecule has 22 heavy (non-hydrogen) atoms. The molecule has 1 amide bonds. The molecule has 0 unspecified atom stereocenters. The largest absolute Gasteiger partial charge is 0.351 e. The van der Waals surface area contributed by atoms with E-state index < -0.39 is 5.41 Å². The van der Waals surface area contributed by atoms with Crippen LogP contribution in [0.25, 0.3) is 0 Å². The van der Waals surface area contributed by atoms with Gasteiger partial charge in [0.25, 0.3) is 0 Å². The molecule has 1 N–H and O–H groups in total. The molecule has 0 bridgehead atoms. The minimum Gasteiger partial charge on any atom is -0.351 e. The molecule has 3 heteroatoms. The highest BCUT2D eigenvalue weighted by Gasteiger charge is 2.42. The predicted octanol–water partition coefficient (Wildman–Crippen LogP) is 3.95. The Morgan fingerprint density at radius 2 is 1.64 bits per heavy atom. The quantitative estimate of drug-likeness (QED) is 0.909. The van der Waals surface area contributed by atoms with E-state index in [2.05, 4.69) is 5.32 Å². The fourth-order valence-electron chi connectivity index (χ4n) is 3.34. The van der Waals surface area contributed by atoms with Gasteiger partial charge in [0.2, 0.25) is 5.91 Å². The van der Waals surface area contributed by atoms with E-state index in [1.54, 1.807) is 12.1 Å². The molecular formula is C19H20FNO. The van der Waals surface area contributed by atoms with Crippen LogP contribution in [0.3, 0.4) is 0 Å². The zero-order chi connectivity index (χ0) is 15.4. The maximum atomic E-state index is 12.9. The molecule has 1 aliphatic rings. The molecule has 0 atom stereocenters. The third-order valence-electron chi connectivity index (χ3n) is 4.58. The first-order valence-corrected chi connectivity index (χ1v) is 7.79. The molecule has 1 fully saturated rings. The highest BCUT2D eigenvalue weighted by Crippen LogP contribution is 2.41. The van der Waals surface area contributed by atoms with Gasteiger partial charge in [-0.1, -0.05) is 55.3 Å². The molecule has 0 radical (unpaired) electrons. The van der Waals surface area contributed by atoms with Gasteiger partial charge >= 0.3 is 0 Å². The number of rotatable bonds is 4. The van der Waals surface area contributed by atoms with Gasteiger partial charge in [-0.15, -0.1) is 0 Å². The van der Waals surface area contributed by atoms with Crippen molar-refractivity contribution in [2.75, 3.05) is 0 Å². The van der Waals surface area contributed by atoms with Crippen molar-refractivity contribution in [3.05, 3.63) is 71.5 Å². The minimum atomic E-state index is -0.401. The van der Waals surface area contributed by atoms with Crippen molar-refractivity contribution >= 4 is 5.91 Å². The number of carbonyl (C=O) groups is 1. The van der Waals surface area contributed by atoms with Gasteiger partial charge in [0.1, 0.15) is 5.82 Å². The Kier molecular flexibility index (Phi) is 4.23. The molecule has 0 aliphatic heterocycles. The second-order valence-corrected chi connectivity index (χ2v) is 5.96. The minimum absolute atomic E-state index is 0.0838. The number of nitrogens with one attached hydrogen (secondary N) is 1. The van der Waals surface area contributed by atoms with Crippen LogP contribution >= 0.6 is 0 Å². The van der Waals surface area contributed by atoms with E-state index >= 15 is 0 Å². The number of carbonyl (C=O) groups excluding carboxylic acids is 1. The summed E-state index contributed by atoms with van der Waals surface area (Å²) in [6, 6.07) is 16.3. The van der Waals surface area contributed by atoms with E-state index in [0.29, 0.717) is 6.54 Å². The fraction of sp³-hybridized carbons (Fsp3) is 0.316. The SMILES string of the molecule is O=C(NCc1ccc(F)cc1)C1(c2ccccc2)CCCC1. The molecule has 0 heterocycles. The smallest absolute Gasteiger partial charge is 0.230 e. The van der Waals surface area contributed by atoms with Gasteiger partial charge in [-0.2, -0.15) is 0 Å². The van der Waals surface area contributed by atoms with Crippen LogP contribution < -0.4 is 5.32 Å². The van der Waals surface area contributed by atoms with Crippen LogP contribution in [-0.4, -0.2) is 5.91 Å². The molecule has 2 aromatic rings. The molecular weight excluding hydrogens is 277 g/mol. The van der Waals surface area contributed by atoms with Crippen LogP contribution in [-0.2, 0) is 16.8 Å². The van der Waals surface area contributed by atoms with Crippen LogP contribution in [0.5, 0.6) is 0 Å².